The number of aromatic nitrogens is 5. The molecular formula is C19H22N6O4. The summed E-state index contributed by atoms with van der Waals surface area (Å²) in [6, 6.07) is 6.84. The molecule has 0 spiro atoms. The van der Waals surface area contributed by atoms with Crippen LogP contribution >= 0.6 is 0 Å². The lowest BCUT2D eigenvalue weighted by Crippen LogP contribution is -2.42. The van der Waals surface area contributed by atoms with Crippen LogP contribution in [0.2, 0.25) is 0 Å². The Morgan fingerprint density at radius 3 is 2.69 bits per heavy atom. The average molecular weight is 398 g/mol. The summed E-state index contributed by atoms with van der Waals surface area (Å²) < 4.78 is 20.1. The highest BCUT2D eigenvalue weighted by Crippen LogP contribution is 2.38. The molecule has 1 N–H and O–H groups in total. The molecule has 0 saturated carbocycles. The van der Waals surface area contributed by atoms with Crippen molar-refractivity contribution in [2.24, 2.45) is 7.05 Å². The molecule has 3 aromatic rings. The molecule has 0 radical (unpaired) electrons. The van der Waals surface area contributed by atoms with E-state index in [1.807, 2.05) is 32.2 Å². The Labute approximate surface area is 167 Å². The third-order valence-electron chi connectivity index (χ3n) is 4.78. The fourth-order valence-electron chi connectivity index (χ4n) is 3.44. The molecule has 1 aliphatic heterocycles. The van der Waals surface area contributed by atoms with Crippen LogP contribution in [0.4, 0.5) is 0 Å². The zero-order valence-electron chi connectivity index (χ0n) is 16.6. The zero-order valence-corrected chi connectivity index (χ0v) is 16.6. The van der Waals surface area contributed by atoms with Gasteiger partial charge in [0.2, 0.25) is 5.91 Å². The first-order valence-electron chi connectivity index (χ1n) is 9.06. The van der Waals surface area contributed by atoms with Gasteiger partial charge < -0.3 is 19.5 Å². The normalized spacial score (nSPS) is 19.1. The molecule has 1 aliphatic rings. The molecule has 1 aromatic carbocycles. The number of rotatable bonds is 5. The summed E-state index contributed by atoms with van der Waals surface area (Å²) in [6.45, 7) is 1.74. The number of nitrogens with zero attached hydrogens (tertiary/aromatic N) is 5. The van der Waals surface area contributed by atoms with Crippen molar-refractivity contribution in [1.29, 1.82) is 0 Å². The van der Waals surface area contributed by atoms with E-state index in [4.69, 9.17) is 14.2 Å². The Hall–Kier alpha value is -3.40. The van der Waals surface area contributed by atoms with Crippen molar-refractivity contribution >= 4 is 5.91 Å². The zero-order chi connectivity index (χ0) is 20.5. The van der Waals surface area contributed by atoms with Gasteiger partial charge in [0.1, 0.15) is 18.5 Å². The summed E-state index contributed by atoms with van der Waals surface area (Å²) in [7, 11) is 4.97. The van der Waals surface area contributed by atoms with Gasteiger partial charge in [0, 0.05) is 13.1 Å². The van der Waals surface area contributed by atoms with E-state index >= 15 is 0 Å². The third kappa shape index (κ3) is 3.42. The summed E-state index contributed by atoms with van der Waals surface area (Å²) in [5.41, 5.74) is 0.804. The minimum Gasteiger partial charge on any atom is -0.493 e. The highest BCUT2D eigenvalue weighted by molar-refractivity contribution is 5.78. The molecule has 29 heavy (non-hydrogen) atoms. The van der Waals surface area contributed by atoms with Crippen LogP contribution in [0.25, 0.3) is 5.82 Å². The SMILES string of the molecule is COc1ccc([C@H]2NC(=O)CO[C@@H]2c2nc(C)nn2-c2ccnn2C)cc1OC. The first-order chi connectivity index (χ1) is 14.0. The number of morpholine rings is 1. The fourth-order valence-corrected chi connectivity index (χ4v) is 3.44. The van der Waals surface area contributed by atoms with Crippen LogP contribution in [0.15, 0.2) is 30.5 Å². The number of benzene rings is 1. The molecule has 4 rings (SSSR count). The first-order valence-corrected chi connectivity index (χ1v) is 9.06. The van der Waals surface area contributed by atoms with Gasteiger partial charge >= 0.3 is 0 Å². The molecule has 1 fully saturated rings. The molecule has 2 atom stereocenters. The number of nitrogens with one attached hydrogen (secondary N) is 1. The van der Waals surface area contributed by atoms with Gasteiger partial charge in [-0.15, -0.1) is 5.10 Å². The maximum absolute atomic E-state index is 12.1. The van der Waals surface area contributed by atoms with Crippen molar-refractivity contribution in [2.75, 3.05) is 20.8 Å². The van der Waals surface area contributed by atoms with E-state index in [2.05, 4.69) is 20.5 Å². The lowest BCUT2D eigenvalue weighted by atomic mass is 9.98. The number of hydrogen-bond acceptors (Lipinski definition) is 7. The molecule has 1 saturated heterocycles. The number of ether oxygens (including phenoxy) is 3. The first kappa shape index (κ1) is 18.9. The highest BCUT2D eigenvalue weighted by Gasteiger charge is 2.36. The number of carbonyl (C=O) groups excluding carboxylic acids is 1. The summed E-state index contributed by atoms with van der Waals surface area (Å²) >= 11 is 0. The molecule has 10 heteroatoms. The maximum atomic E-state index is 12.1. The molecule has 0 bridgehead atoms. The molecule has 0 unspecified atom stereocenters. The molecule has 3 heterocycles. The Morgan fingerprint density at radius 2 is 2.00 bits per heavy atom. The Morgan fingerprint density at radius 1 is 1.21 bits per heavy atom. The quantitative estimate of drug-likeness (QED) is 0.690. The van der Waals surface area contributed by atoms with E-state index in [1.165, 1.54) is 0 Å². The Kier molecular flexibility index (Phi) is 4.93. The van der Waals surface area contributed by atoms with E-state index in [-0.39, 0.29) is 12.5 Å². The van der Waals surface area contributed by atoms with E-state index in [1.54, 1.807) is 35.8 Å². The Balaban J connectivity index is 1.79. The second kappa shape index (κ2) is 7.55. The van der Waals surface area contributed by atoms with Gasteiger partial charge in [-0.05, 0) is 24.6 Å². The van der Waals surface area contributed by atoms with Crippen molar-refractivity contribution in [3.05, 3.63) is 47.7 Å². The summed E-state index contributed by atoms with van der Waals surface area (Å²) in [5, 5.41) is 11.7. The topological polar surface area (TPSA) is 105 Å². The molecule has 152 valence electrons. The molecule has 1 amide bonds. The van der Waals surface area contributed by atoms with Crippen molar-refractivity contribution in [1.82, 2.24) is 29.9 Å². The summed E-state index contributed by atoms with van der Waals surface area (Å²) in [4.78, 5) is 16.7. The summed E-state index contributed by atoms with van der Waals surface area (Å²) in [6.07, 6.45) is 1.13. The average Bonchev–Trinajstić information content (AvgIpc) is 3.32. The van der Waals surface area contributed by atoms with Crippen LogP contribution in [0, 0.1) is 6.92 Å². The minimum absolute atomic E-state index is 0.0637. The lowest BCUT2D eigenvalue weighted by Gasteiger charge is -2.32. The monoisotopic (exact) mass is 398 g/mol. The van der Waals surface area contributed by atoms with E-state index in [9.17, 15) is 4.79 Å². The maximum Gasteiger partial charge on any atom is 0.246 e. The lowest BCUT2D eigenvalue weighted by molar-refractivity contribution is -0.138. The largest absolute Gasteiger partial charge is 0.493 e. The van der Waals surface area contributed by atoms with Crippen molar-refractivity contribution in [2.45, 2.75) is 19.1 Å². The van der Waals surface area contributed by atoms with Crippen LogP contribution in [-0.2, 0) is 16.6 Å². The van der Waals surface area contributed by atoms with Crippen molar-refractivity contribution in [3.63, 3.8) is 0 Å². The van der Waals surface area contributed by atoms with Gasteiger partial charge in [-0.3, -0.25) is 9.48 Å². The third-order valence-corrected chi connectivity index (χ3v) is 4.78. The molecule has 10 nitrogen and oxygen atoms in total. The second-order valence-corrected chi connectivity index (χ2v) is 6.63. The van der Waals surface area contributed by atoms with Gasteiger partial charge in [0.15, 0.2) is 23.1 Å². The fraction of sp³-hybridized carbons (Fsp3) is 0.368. The van der Waals surface area contributed by atoms with E-state index in [0.29, 0.717) is 23.1 Å². The number of amides is 1. The van der Waals surface area contributed by atoms with E-state index in [0.717, 1.165) is 11.4 Å². The number of carbonyl (C=O) groups is 1. The predicted molar refractivity (Wildman–Crippen MR) is 102 cm³/mol. The van der Waals surface area contributed by atoms with Gasteiger partial charge in [-0.2, -0.15) is 9.78 Å². The van der Waals surface area contributed by atoms with Gasteiger partial charge in [0.05, 0.1) is 26.5 Å². The van der Waals surface area contributed by atoms with E-state index < -0.39 is 12.1 Å². The van der Waals surface area contributed by atoms with Crippen LogP contribution < -0.4 is 14.8 Å². The Bertz CT molecular complexity index is 1040. The van der Waals surface area contributed by atoms with Crippen LogP contribution in [-0.4, -0.2) is 51.3 Å². The highest BCUT2D eigenvalue weighted by atomic mass is 16.5. The second-order valence-electron chi connectivity index (χ2n) is 6.63. The van der Waals surface area contributed by atoms with Crippen LogP contribution in [0.1, 0.15) is 29.4 Å². The number of aryl methyl sites for hydroxylation is 2. The van der Waals surface area contributed by atoms with Crippen molar-refractivity contribution < 1.29 is 19.0 Å². The molecular weight excluding hydrogens is 376 g/mol. The molecule has 0 aliphatic carbocycles. The van der Waals surface area contributed by atoms with Gasteiger partial charge in [0.25, 0.3) is 0 Å². The molecule has 2 aromatic heterocycles. The van der Waals surface area contributed by atoms with Crippen LogP contribution in [0.5, 0.6) is 11.5 Å². The van der Waals surface area contributed by atoms with Crippen molar-refractivity contribution in [3.8, 4) is 17.3 Å². The number of methoxy groups -OCH3 is 2. The van der Waals surface area contributed by atoms with Crippen LogP contribution in [0.3, 0.4) is 0 Å². The smallest absolute Gasteiger partial charge is 0.246 e. The number of hydrogen-bond donors (Lipinski definition) is 1. The van der Waals surface area contributed by atoms with Gasteiger partial charge in [-0.25, -0.2) is 4.98 Å². The standard InChI is InChI=1S/C19H22N6O4/c1-11-21-19(25(23-11)16-7-8-20-24(16)2)18-17(22-15(26)10-29-18)12-5-6-13(27-3)14(9-12)28-4/h5-9,17-18H,10H2,1-4H3,(H,22,26)/t17-,18+/m1/s1. The predicted octanol–water partition coefficient (Wildman–Crippen LogP) is 1.26. The summed E-state index contributed by atoms with van der Waals surface area (Å²) in [5.74, 6) is 2.87. The van der Waals surface area contributed by atoms with Gasteiger partial charge in [-0.1, -0.05) is 6.07 Å². The minimum atomic E-state index is -0.554.